The Bertz CT molecular complexity index is 861. The minimum Gasteiger partial charge on any atom is -0.321 e. The van der Waals surface area contributed by atoms with Crippen LogP contribution in [0, 0.1) is 13.8 Å². The maximum atomic E-state index is 12.2. The number of carbonyl (C=O) groups is 1. The Morgan fingerprint density at radius 1 is 1.17 bits per heavy atom. The number of nitrogens with one attached hydrogen (secondary N) is 1. The minimum atomic E-state index is -3.53. The van der Waals surface area contributed by atoms with Crippen LogP contribution in [0.3, 0.4) is 0 Å². The topological polar surface area (TPSA) is 70.4 Å². The molecule has 1 amide bonds. The fourth-order valence-electron chi connectivity index (χ4n) is 2.26. The molecule has 24 heavy (non-hydrogen) atoms. The number of nitrogens with zero attached hydrogens (tertiary/aromatic N) is 2. The Hall–Kier alpha value is -2.25. The first-order valence-electron chi connectivity index (χ1n) is 7.49. The summed E-state index contributed by atoms with van der Waals surface area (Å²) in [5, 5.41) is 2.74. The Morgan fingerprint density at radius 3 is 2.50 bits per heavy atom. The van der Waals surface area contributed by atoms with Crippen LogP contribution in [0.5, 0.6) is 0 Å². The average molecular weight is 348 g/mol. The third-order valence-corrected chi connectivity index (χ3v) is 5.43. The second-order valence-corrected chi connectivity index (χ2v) is 7.99. The van der Waals surface area contributed by atoms with Crippen molar-refractivity contribution >= 4 is 21.6 Å². The summed E-state index contributed by atoms with van der Waals surface area (Å²) in [4.78, 5) is 12.4. The zero-order valence-electron chi connectivity index (χ0n) is 14.3. The molecule has 0 bridgehead atoms. The number of hydrogen-bond donors (Lipinski definition) is 1. The second-order valence-electron chi connectivity index (χ2n) is 5.84. The molecule has 128 valence electrons. The van der Waals surface area contributed by atoms with Crippen LogP contribution in [-0.4, -0.2) is 32.7 Å². The summed E-state index contributed by atoms with van der Waals surface area (Å²) in [6, 6.07) is 10.2. The molecule has 0 atom stereocenters. The number of rotatable bonds is 5. The summed E-state index contributed by atoms with van der Waals surface area (Å²) >= 11 is 0. The Balaban J connectivity index is 2.15. The van der Waals surface area contributed by atoms with Crippen molar-refractivity contribution in [2.75, 3.05) is 19.4 Å². The molecule has 2 aromatic rings. The van der Waals surface area contributed by atoms with Gasteiger partial charge in [-0.3, -0.25) is 4.79 Å². The molecule has 0 unspecified atom stereocenters. The number of aromatic nitrogens is 1. The molecule has 6 nitrogen and oxygen atoms in total. The number of aryl methyl sites for hydroxylation is 2. The highest BCUT2D eigenvalue weighted by Gasteiger charge is 2.18. The van der Waals surface area contributed by atoms with Crippen LogP contribution in [0.25, 0.3) is 0 Å². The normalized spacial score (nSPS) is 11.5. The van der Waals surface area contributed by atoms with Crippen LogP contribution in [0.1, 0.15) is 11.3 Å². The SMILES string of the molecule is Cc1cc[n+](CC(=O)Nc2cccc(S(=O)(=O)N(C)C)c2)c(C)c1. The second kappa shape index (κ2) is 7.11. The van der Waals surface area contributed by atoms with E-state index in [9.17, 15) is 13.2 Å². The monoisotopic (exact) mass is 348 g/mol. The Kier molecular flexibility index (Phi) is 5.36. The number of sulfonamides is 1. The van der Waals surface area contributed by atoms with Gasteiger partial charge in [0, 0.05) is 38.8 Å². The molecule has 0 saturated heterocycles. The molecule has 1 aromatic carbocycles. The lowest BCUT2D eigenvalue weighted by atomic mass is 10.2. The van der Waals surface area contributed by atoms with Crippen LogP contribution in [0.15, 0.2) is 47.5 Å². The maximum absolute atomic E-state index is 12.2. The minimum absolute atomic E-state index is 0.143. The lowest BCUT2D eigenvalue weighted by molar-refractivity contribution is -0.690. The highest BCUT2D eigenvalue weighted by molar-refractivity contribution is 7.89. The Labute approximate surface area is 142 Å². The molecule has 0 aliphatic rings. The summed E-state index contributed by atoms with van der Waals surface area (Å²) in [6.07, 6.45) is 1.86. The quantitative estimate of drug-likeness (QED) is 0.832. The lowest BCUT2D eigenvalue weighted by Crippen LogP contribution is -2.42. The van der Waals surface area contributed by atoms with E-state index < -0.39 is 10.0 Å². The van der Waals surface area contributed by atoms with Crippen molar-refractivity contribution in [2.24, 2.45) is 0 Å². The van der Waals surface area contributed by atoms with Crippen LogP contribution in [-0.2, 0) is 21.4 Å². The van der Waals surface area contributed by atoms with Gasteiger partial charge in [-0.15, -0.1) is 0 Å². The van der Waals surface area contributed by atoms with Crippen LogP contribution in [0.4, 0.5) is 5.69 Å². The van der Waals surface area contributed by atoms with Gasteiger partial charge in [-0.1, -0.05) is 6.07 Å². The van der Waals surface area contributed by atoms with Crippen LogP contribution in [0.2, 0.25) is 0 Å². The van der Waals surface area contributed by atoms with Crippen LogP contribution >= 0.6 is 0 Å². The molecule has 1 heterocycles. The van der Waals surface area contributed by atoms with E-state index in [1.165, 1.54) is 26.2 Å². The third kappa shape index (κ3) is 4.18. The van der Waals surface area contributed by atoms with Crippen molar-refractivity contribution in [1.29, 1.82) is 0 Å². The van der Waals surface area contributed by atoms with E-state index in [1.807, 2.05) is 36.7 Å². The van der Waals surface area contributed by atoms with Gasteiger partial charge in [0.2, 0.25) is 16.6 Å². The van der Waals surface area contributed by atoms with Gasteiger partial charge in [0.05, 0.1) is 4.90 Å². The first-order chi connectivity index (χ1) is 11.2. The highest BCUT2D eigenvalue weighted by Crippen LogP contribution is 2.17. The van der Waals surface area contributed by atoms with Gasteiger partial charge >= 0.3 is 0 Å². The maximum Gasteiger partial charge on any atom is 0.290 e. The first kappa shape index (κ1) is 18.1. The molecule has 0 fully saturated rings. The summed E-state index contributed by atoms with van der Waals surface area (Å²) in [7, 11) is -0.589. The molecule has 1 N–H and O–H groups in total. The lowest BCUT2D eigenvalue weighted by Gasteiger charge is -2.12. The summed E-state index contributed by atoms with van der Waals surface area (Å²) in [5.74, 6) is -0.216. The van der Waals surface area contributed by atoms with E-state index in [2.05, 4.69) is 5.32 Å². The summed E-state index contributed by atoms with van der Waals surface area (Å²) in [5.41, 5.74) is 2.56. The third-order valence-electron chi connectivity index (χ3n) is 3.62. The number of amides is 1. The first-order valence-corrected chi connectivity index (χ1v) is 8.93. The zero-order chi connectivity index (χ0) is 17.9. The molecular weight excluding hydrogens is 326 g/mol. The molecule has 0 saturated carbocycles. The molecule has 2 rings (SSSR count). The van der Waals surface area contributed by atoms with Crippen molar-refractivity contribution in [2.45, 2.75) is 25.3 Å². The zero-order valence-corrected chi connectivity index (χ0v) is 15.1. The van der Waals surface area contributed by atoms with E-state index in [1.54, 1.807) is 12.1 Å². The van der Waals surface area contributed by atoms with Gasteiger partial charge in [0.1, 0.15) is 0 Å². The van der Waals surface area contributed by atoms with Gasteiger partial charge in [-0.25, -0.2) is 12.7 Å². The van der Waals surface area contributed by atoms with Gasteiger partial charge in [-0.05, 0) is 30.7 Å². The predicted octanol–water partition coefficient (Wildman–Crippen LogP) is 1.48. The number of benzene rings is 1. The van der Waals surface area contributed by atoms with E-state index >= 15 is 0 Å². The van der Waals surface area contributed by atoms with Crippen molar-refractivity contribution in [3.8, 4) is 0 Å². The molecule has 1 aromatic heterocycles. The van der Waals surface area contributed by atoms with Crippen molar-refractivity contribution in [3.05, 3.63) is 53.9 Å². The molecule has 7 heteroatoms. The van der Waals surface area contributed by atoms with Crippen molar-refractivity contribution in [3.63, 3.8) is 0 Å². The van der Waals surface area contributed by atoms with Gasteiger partial charge in [0.15, 0.2) is 11.9 Å². The largest absolute Gasteiger partial charge is 0.321 e. The standard InChI is InChI=1S/C17H21N3O3S/c1-13-8-9-20(14(2)10-13)12-17(21)18-15-6-5-7-16(11-15)24(22,23)19(3)4/h5-11H,12H2,1-4H3/p+1. The van der Waals surface area contributed by atoms with E-state index in [4.69, 9.17) is 0 Å². The summed E-state index contributed by atoms with van der Waals surface area (Å²) < 4.78 is 27.3. The molecular formula is C17H22N3O3S+. The summed E-state index contributed by atoms with van der Waals surface area (Å²) in [6.45, 7) is 4.09. The van der Waals surface area contributed by atoms with E-state index in [-0.39, 0.29) is 17.3 Å². The fraction of sp³-hybridized carbons (Fsp3) is 0.294. The van der Waals surface area contributed by atoms with Gasteiger partial charge in [-0.2, -0.15) is 4.57 Å². The molecule has 0 spiro atoms. The predicted molar refractivity (Wildman–Crippen MR) is 92.1 cm³/mol. The highest BCUT2D eigenvalue weighted by atomic mass is 32.2. The van der Waals surface area contributed by atoms with Crippen LogP contribution < -0.4 is 9.88 Å². The fourth-order valence-corrected chi connectivity index (χ4v) is 3.21. The Morgan fingerprint density at radius 2 is 1.88 bits per heavy atom. The number of pyridine rings is 1. The molecule has 0 radical (unpaired) electrons. The van der Waals surface area contributed by atoms with Crippen molar-refractivity contribution in [1.82, 2.24) is 4.31 Å². The number of hydrogen-bond acceptors (Lipinski definition) is 3. The average Bonchev–Trinajstić information content (AvgIpc) is 2.50. The smallest absolute Gasteiger partial charge is 0.290 e. The van der Waals surface area contributed by atoms with Crippen molar-refractivity contribution < 1.29 is 17.8 Å². The molecule has 0 aliphatic heterocycles. The number of anilines is 1. The van der Waals surface area contributed by atoms with Gasteiger partial charge in [0.25, 0.3) is 5.91 Å². The van der Waals surface area contributed by atoms with Gasteiger partial charge < -0.3 is 5.32 Å². The van der Waals surface area contributed by atoms with E-state index in [0.29, 0.717) is 5.69 Å². The molecule has 0 aliphatic carbocycles. The van der Waals surface area contributed by atoms with E-state index in [0.717, 1.165) is 15.6 Å². The number of carbonyl (C=O) groups excluding carboxylic acids is 1.